The van der Waals surface area contributed by atoms with Crippen LogP contribution in [0.1, 0.15) is 17.8 Å². The molecular weight excluding hydrogens is 230 g/mol. The Hall–Kier alpha value is -1.95. The molecule has 1 heterocycles. The van der Waals surface area contributed by atoms with Gasteiger partial charge in [-0.15, -0.1) is 5.10 Å². The van der Waals surface area contributed by atoms with E-state index in [-0.39, 0.29) is 0 Å². The minimum Gasteiger partial charge on any atom is -0.496 e. The van der Waals surface area contributed by atoms with Crippen molar-refractivity contribution in [3.05, 3.63) is 29.6 Å². The molecule has 6 nitrogen and oxygen atoms in total. The molecule has 0 saturated carbocycles. The number of ether oxygens (including phenoxy) is 1. The van der Waals surface area contributed by atoms with E-state index in [2.05, 4.69) is 15.5 Å². The van der Waals surface area contributed by atoms with Crippen LogP contribution in [0.3, 0.4) is 0 Å². The normalized spacial score (nSPS) is 10.6. The molecule has 1 aromatic carbocycles. The fourth-order valence-corrected chi connectivity index (χ4v) is 1.82. The predicted molar refractivity (Wildman–Crippen MR) is 67.8 cm³/mol. The fourth-order valence-electron chi connectivity index (χ4n) is 1.82. The summed E-state index contributed by atoms with van der Waals surface area (Å²) >= 11 is 0. The first-order valence-corrected chi connectivity index (χ1v) is 5.88. The summed E-state index contributed by atoms with van der Waals surface area (Å²) in [6.45, 7) is 2.63. The molecule has 6 heteroatoms. The topological polar surface area (TPSA) is 78.8 Å². The number of benzene rings is 1. The Balaban J connectivity index is 2.31. The number of hydrogen-bond donors (Lipinski definition) is 1. The quantitative estimate of drug-likeness (QED) is 0.848. The molecule has 0 aliphatic carbocycles. The van der Waals surface area contributed by atoms with Crippen molar-refractivity contribution < 1.29 is 4.74 Å². The monoisotopic (exact) mass is 247 g/mol. The van der Waals surface area contributed by atoms with E-state index in [1.807, 2.05) is 25.1 Å². The number of aromatic nitrogens is 4. The van der Waals surface area contributed by atoms with Gasteiger partial charge in [-0.1, -0.05) is 0 Å². The summed E-state index contributed by atoms with van der Waals surface area (Å²) in [7, 11) is 1.66. The van der Waals surface area contributed by atoms with E-state index in [1.54, 1.807) is 11.8 Å². The van der Waals surface area contributed by atoms with Crippen LogP contribution in [0.25, 0.3) is 5.69 Å². The predicted octanol–water partition coefficient (Wildman–Crippen LogP) is 0.871. The number of methoxy groups -OCH3 is 1. The molecule has 0 fully saturated rings. The van der Waals surface area contributed by atoms with Crippen LogP contribution in [0.2, 0.25) is 0 Å². The van der Waals surface area contributed by atoms with Gasteiger partial charge in [0.1, 0.15) is 5.75 Å². The summed E-state index contributed by atoms with van der Waals surface area (Å²) in [5, 5.41) is 11.7. The van der Waals surface area contributed by atoms with E-state index in [4.69, 9.17) is 10.5 Å². The molecule has 0 amide bonds. The standard InChI is InChI=1S/C12H17N5O/c1-9-8-10(5-6-11(9)18-2)17-12(4-3-7-13)14-15-16-17/h5-6,8H,3-4,7,13H2,1-2H3. The van der Waals surface area contributed by atoms with Crippen LogP contribution < -0.4 is 10.5 Å². The van der Waals surface area contributed by atoms with Gasteiger partial charge in [-0.05, 0) is 54.1 Å². The maximum atomic E-state index is 5.50. The molecule has 96 valence electrons. The molecule has 0 unspecified atom stereocenters. The molecule has 0 atom stereocenters. The molecule has 18 heavy (non-hydrogen) atoms. The van der Waals surface area contributed by atoms with E-state index < -0.39 is 0 Å². The minimum atomic E-state index is 0.633. The zero-order valence-electron chi connectivity index (χ0n) is 10.6. The lowest BCUT2D eigenvalue weighted by atomic mass is 10.2. The Morgan fingerprint density at radius 3 is 2.89 bits per heavy atom. The van der Waals surface area contributed by atoms with E-state index in [0.717, 1.165) is 35.7 Å². The van der Waals surface area contributed by atoms with Crippen LogP contribution >= 0.6 is 0 Å². The van der Waals surface area contributed by atoms with Gasteiger partial charge in [-0.25, -0.2) is 0 Å². The molecule has 1 aromatic heterocycles. The largest absolute Gasteiger partial charge is 0.496 e. The summed E-state index contributed by atoms with van der Waals surface area (Å²) in [6, 6.07) is 5.86. The van der Waals surface area contributed by atoms with Crippen LogP contribution in [0.5, 0.6) is 5.75 Å². The number of rotatable bonds is 5. The number of nitrogens with two attached hydrogens (primary N) is 1. The Kier molecular flexibility index (Phi) is 3.88. The highest BCUT2D eigenvalue weighted by molar-refractivity contribution is 5.43. The van der Waals surface area contributed by atoms with Crippen LogP contribution in [-0.2, 0) is 6.42 Å². The molecule has 2 aromatic rings. The van der Waals surface area contributed by atoms with Gasteiger partial charge in [0.2, 0.25) is 0 Å². The van der Waals surface area contributed by atoms with Crippen molar-refractivity contribution in [2.75, 3.05) is 13.7 Å². The highest BCUT2D eigenvalue weighted by Crippen LogP contribution is 2.20. The first-order valence-electron chi connectivity index (χ1n) is 5.88. The maximum absolute atomic E-state index is 5.50. The second-order valence-corrected chi connectivity index (χ2v) is 4.05. The number of hydrogen-bond acceptors (Lipinski definition) is 5. The molecule has 0 bridgehead atoms. The SMILES string of the molecule is COc1ccc(-n2nnnc2CCCN)cc1C. The van der Waals surface area contributed by atoms with Crippen molar-refractivity contribution in [3.8, 4) is 11.4 Å². The lowest BCUT2D eigenvalue weighted by Gasteiger charge is -2.08. The second-order valence-electron chi connectivity index (χ2n) is 4.05. The summed E-state index contributed by atoms with van der Waals surface area (Å²) in [6.07, 6.45) is 1.64. The highest BCUT2D eigenvalue weighted by Gasteiger charge is 2.09. The lowest BCUT2D eigenvalue weighted by molar-refractivity contribution is 0.411. The third kappa shape index (κ3) is 2.48. The Morgan fingerprint density at radius 1 is 1.39 bits per heavy atom. The van der Waals surface area contributed by atoms with E-state index >= 15 is 0 Å². The Labute approximate surface area is 106 Å². The average molecular weight is 247 g/mol. The summed E-state index contributed by atoms with van der Waals surface area (Å²) in [5.41, 5.74) is 7.49. The molecular formula is C12H17N5O. The van der Waals surface area contributed by atoms with Crippen molar-refractivity contribution in [1.82, 2.24) is 20.2 Å². The van der Waals surface area contributed by atoms with Gasteiger partial charge in [0.05, 0.1) is 12.8 Å². The molecule has 0 aliphatic heterocycles. The van der Waals surface area contributed by atoms with Gasteiger partial charge in [0.25, 0.3) is 0 Å². The summed E-state index contributed by atoms with van der Waals surface area (Å²) in [4.78, 5) is 0. The van der Waals surface area contributed by atoms with E-state index in [9.17, 15) is 0 Å². The minimum absolute atomic E-state index is 0.633. The van der Waals surface area contributed by atoms with Gasteiger partial charge in [-0.3, -0.25) is 0 Å². The lowest BCUT2D eigenvalue weighted by Crippen LogP contribution is -2.07. The van der Waals surface area contributed by atoms with Crippen molar-refractivity contribution in [1.29, 1.82) is 0 Å². The van der Waals surface area contributed by atoms with Crippen molar-refractivity contribution in [2.45, 2.75) is 19.8 Å². The van der Waals surface area contributed by atoms with E-state index in [0.29, 0.717) is 6.54 Å². The van der Waals surface area contributed by atoms with Crippen molar-refractivity contribution in [2.24, 2.45) is 5.73 Å². The molecule has 2 N–H and O–H groups in total. The van der Waals surface area contributed by atoms with Crippen molar-refractivity contribution in [3.63, 3.8) is 0 Å². The third-order valence-corrected chi connectivity index (χ3v) is 2.76. The molecule has 0 spiro atoms. The zero-order valence-corrected chi connectivity index (χ0v) is 10.6. The highest BCUT2D eigenvalue weighted by atomic mass is 16.5. The molecule has 0 radical (unpaired) electrons. The smallest absolute Gasteiger partial charge is 0.156 e. The second kappa shape index (κ2) is 5.59. The molecule has 0 aliphatic rings. The fraction of sp³-hybridized carbons (Fsp3) is 0.417. The first kappa shape index (κ1) is 12.5. The summed E-state index contributed by atoms with van der Waals surface area (Å²) in [5.74, 6) is 1.68. The number of aryl methyl sites for hydroxylation is 2. The molecule has 2 rings (SSSR count). The van der Waals surface area contributed by atoms with Gasteiger partial charge < -0.3 is 10.5 Å². The Morgan fingerprint density at radius 2 is 2.22 bits per heavy atom. The number of nitrogens with zero attached hydrogens (tertiary/aromatic N) is 4. The number of tetrazole rings is 1. The van der Waals surface area contributed by atoms with Gasteiger partial charge in [0.15, 0.2) is 5.82 Å². The van der Waals surface area contributed by atoms with Gasteiger partial charge in [0, 0.05) is 6.42 Å². The third-order valence-electron chi connectivity index (χ3n) is 2.76. The molecule has 0 saturated heterocycles. The van der Waals surface area contributed by atoms with Gasteiger partial charge >= 0.3 is 0 Å². The zero-order chi connectivity index (χ0) is 13.0. The average Bonchev–Trinajstić information content (AvgIpc) is 2.84. The first-order chi connectivity index (χ1) is 8.76. The maximum Gasteiger partial charge on any atom is 0.156 e. The van der Waals surface area contributed by atoms with Crippen LogP contribution in [-0.4, -0.2) is 33.9 Å². The van der Waals surface area contributed by atoms with Crippen LogP contribution in [0.4, 0.5) is 0 Å². The van der Waals surface area contributed by atoms with E-state index in [1.165, 1.54) is 0 Å². The van der Waals surface area contributed by atoms with Gasteiger partial charge in [-0.2, -0.15) is 4.68 Å². The van der Waals surface area contributed by atoms with Crippen molar-refractivity contribution >= 4 is 0 Å². The van der Waals surface area contributed by atoms with Crippen LogP contribution in [0, 0.1) is 6.92 Å². The Bertz CT molecular complexity index is 523. The summed E-state index contributed by atoms with van der Waals surface area (Å²) < 4.78 is 6.97. The van der Waals surface area contributed by atoms with Crippen LogP contribution in [0.15, 0.2) is 18.2 Å².